The number of hydrogen-bond acceptors (Lipinski definition) is 4. The molecule has 0 fully saturated rings. The van der Waals surface area contributed by atoms with Crippen molar-refractivity contribution in [3.8, 4) is 5.69 Å². The smallest absolute Gasteiger partial charge is 0.143 e. The van der Waals surface area contributed by atoms with Gasteiger partial charge in [0.05, 0.1) is 5.69 Å². The second kappa shape index (κ2) is 6.24. The lowest BCUT2D eigenvalue weighted by molar-refractivity contribution is 0.789. The molecule has 0 bridgehead atoms. The van der Waals surface area contributed by atoms with Crippen molar-refractivity contribution in [2.45, 2.75) is 6.54 Å². The summed E-state index contributed by atoms with van der Waals surface area (Å²) in [5, 5.41) is 15.2. The molecule has 0 unspecified atom stereocenters. The molecule has 3 rings (SSSR count). The number of nitrogens with one attached hydrogen (secondary N) is 1. The van der Waals surface area contributed by atoms with Crippen molar-refractivity contribution in [2.24, 2.45) is 0 Å². The van der Waals surface area contributed by atoms with Gasteiger partial charge < -0.3 is 5.32 Å². The molecule has 21 heavy (non-hydrogen) atoms. The van der Waals surface area contributed by atoms with Gasteiger partial charge in [0.15, 0.2) is 0 Å². The van der Waals surface area contributed by atoms with Crippen molar-refractivity contribution >= 4 is 33.2 Å². The van der Waals surface area contributed by atoms with Crippen LogP contribution in [-0.2, 0) is 6.54 Å². The van der Waals surface area contributed by atoms with E-state index in [1.165, 1.54) is 0 Å². The normalized spacial score (nSPS) is 10.6. The zero-order valence-electron chi connectivity index (χ0n) is 10.9. The quantitative estimate of drug-likeness (QED) is 0.767. The van der Waals surface area contributed by atoms with E-state index in [1.807, 2.05) is 42.5 Å². The van der Waals surface area contributed by atoms with Crippen LogP contribution in [0.2, 0.25) is 5.02 Å². The Labute approximate surface area is 135 Å². The molecule has 7 heteroatoms. The van der Waals surface area contributed by atoms with E-state index in [1.54, 1.807) is 11.0 Å². The van der Waals surface area contributed by atoms with Gasteiger partial charge in [0.1, 0.15) is 6.33 Å². The van der Waals surface area contributed by atoms with E-state index in [4.69, 9.17) is 11.6 Å². The lowest BCUT2D eigenvalue weighted by Crippen LogP contribution is -2.01. The molecule has 2 aromatic carbocycles. The van der Waals surface area contributed by atoms with Gasteiger partial charge in [-0.25, -0.2) is 4.68 Å². The van der Waals surface area contributed by atoms with Gasteiger partial charge in [0, 0.05) is 21.7 Å². The molecular formula is C14H11BrClN5. The molecule has 0 aliphatic carbocycles. The minimum absolute atomic E-state index is 0.686. The number of hydrogen-bond donors (Lipinski definition) is 1. The predicted molar refractivity (Wildman–Crippen MR) is 85.6 cm³/mol. The Morgan fingerprint density at radius 2 is 1.95 bits per heavy atom. The highest BCUT2D eigenvalue weighted by molar-refractivity contribution is 9.10. The van der Waals surface area contributed by atoms with E-state index < -0.39 is 0 Å². The molecule has 0 spiro atoms. The Kier molecular flexibility index (Phi) is 4.17. The van der Waals surface area contributed by atoms with Crippen LogP contribution in [0, 0.1) is 0 Å². The summed E-state index contributed by atoms with van der Waals surface area (Å²) in [6, 6.07) is 13.6. The van der Waals surface area contributed by atoms with Crippen LogP contribution in [0.25, 0.3) is 5.69 Å². The first-order valence-corrected chi connectivity index (χ1v) is 7.41. The van der Waals surface area contributed by atoms with Crippen LogP contribution in [-0.4, -0.2) is 20.2 Å². The largest absolute Gasteiger partial charge is 0.381 e. The number of halogens is 2. The molecule has 5 nitrogen and oxygen atoms in total. The third kappa shape index (κ3) is 3.40. The summed E-state index contributed by atoms with van der Waals surface area (Å²) in [5.74, 6) is 0. The number of rotatable bonds is 4. The van der Waals surface area contributed by atoms with Crippen molar-refractivity contribution in [2.75, 3.05) is 5.32 Å². The second-order valence-electron chi connectivity index (χ2n) is 4.39. The maximum absolute atomic E-state index is 6.01. The number of aromatic nitrogens is 4. The number of anilines is 1. The van der Waals surface area contributed by atoms with Crippen LogP contribution < -0.4 is 5.32 Å². The predicted octanol–water partition coefficient (Wildman–Crippen LogP) is 3.69. The Morgan fingerprint density at radius 1 is 1.14 bits per heavy atom. The van der Waals surface area contributed by atoms with Crippen LogP contribution in [0.4, 0.5) is 5.69 Å². The van der Waals surface area contributed by atoms with Crippen LogP contribution in [0.1, 0.15) is 5.56 Å². The SMILES string of the molecule is Clc1ccc(Br)c(CNc2ccc(-n3cnnn3)cc2)c1. The Balaban J connectivity index is 1.70. The monoisotopic (exact) mass is 363 g/mol. The van der Waals surface area contributed by atoms with E-state index in [9.17, 15) is 0 Å². The summed E-state index contributed by atoms with van der Waals surface area (Å²) in [6.07, 6.45) is 1.56. The van der Waals surface area contributed by atoms with Gasteiger partial charge in [0.2, 0.25) is 0 Å². The number of benzene rings is 2. The highest BCUT2D eigenvalue weighted by Crippen LogP contribution is 2.22. The fourth-order valence-electron chi connectivity index (χ4n) is 1.89. The average Bonchev–Trinajstić information content (AvgIpc) is 3.03. The van der Waals surface area contributed by atoms with Crippen molar-refractivity contribution < 1.29 is 0 Å². The van der Waals surface area contributed by atoms with E-state index in [0.29, 0.717) is 6.54 Å². The average molecular weight is 365 g/mol. The molecule has 106 valence electrons. The van der Waals surface area contributed by atoms with Gasteiger partial charge in [-0.15, -0.1) is 5.10 Å². The maximum Gasteiger partial charge on any atom is 0.143 e. The molecular weight excluding hydrogens is 354 g/mol. The summed E-state index contributed by atoms with van der Waals surface area (Å²) < 4.78 is 2.64. The van der Waals surface area contributed by atoms with Gasteiger partial charge >= 0.3 is 0 Å². The van der Waals surface area contributed by atoms with Crippen LogP contribution in [0.5, 0.6) is 0 Å². The molecule has 0 saturated heterocycles. The van der Waals surface area contributed by atoms with Crippen molar-refractivity contribution in [3.63, 3.8) is 0 Å². The zero-order valence-corrected chi connectivity index (χ0v) is 13.2. The second-order valence-corrected chi connectivity index (χ2v) is 5.68. The fraction of sp³-hybridized carbons (Fsp3) is 0.0714. The summed E-state index contributed by atoms with van der Waals surface area (Å²) >= 11 is 9.52. The lowest BCUT2D eigenvalue weighted by Gasteiger charge is -2.09. The van der Waals surface area contributed by atoms with E-state index >= 15 is 0 Å². The van der Waals surface area contributed by atoms with E-state index in [0.717, 1.165) is 26.4 Å². The summed E-state index contributed by atoms with van der Waals surface area (Å²) in [4.78, 5) is 0. The standard InChI is InChI=1S/C14H11BrClN5/c15-14-6-1-11(16)7-10(14)8-17-12-2-4-13(5-3-12)21-9-18-19-20-21/h1-7,9,17H,8H2. The molecule has 1 N–H and O–H groups in total. The first kappa shape index (κ1) is 14.0. The highest BCUT2D eigenvalue weighted by atomic mass is 79.9. The Hall–Kier alpha value is -1.92. The number of tetrazole rings is 1. The van der Waals surface area contributed by atoms with Gasteiger partial charge in [-0.3, -0.25) is 0 Å². The van der Waals surface area contributed by atoms with Crippen LogP contribution in [0.15, 0.2) is 53.3 Å². The molecule has 0 atom stereocenters. The third-order valence-corrected chi connectivity index (χ3v) is 3.98. The van der Waals surface area contributed by atoms with Crippen molar-refractivity contribution in [3.05, 3.63) is 63.9 Å². The minimum atomic E-state index is 0.686. The summed E-state index contributed by atoms with van der Waals surface area (Å²) in [5.41, 5.74) is 3.03. The fourth-order valence-corrected chi connectivity index (χ4v) is 2.47. The Bertz CT molecular complexity index is 728. The molecule has 0 aliphatic heterocycles. The molecule has 0 radical (unpaired) electrons. The van der Waals surface area contributed by atoms with Gasteiger partial charge in [-0.05, 0) is 58.5 Å². The minimum Gasteiger partial charge on any atom is -0.381 e. The van der Waals surface area contributed by atoms with Crippen LogP contribution in [0.3, 0.4) is 0 Å². The van der Waals surface area contributed by atoms with Crippen molar-refractivity contribution in [1.82, 2.24) is 20.2 Å². The van der Waals surface area contributed by atoms with Gasteiger partial charge in [-0.1, -0.05) is 27.5 Å². The summed E-state index contributed by atoms with van der Waals surface area (Å²) in [6.45, 7) is 0.686. The molecule has 0 aliphatic rings. The number of nitrogens with zero attached hydrogens (tertiary/aromatic N) is 4. The molecule has 1 heterocycles. The van der Waals surface area contributed by atoms with E-state index in [-0.39, 0.29) is 0 Å². The topological polar surface area (TPSA) is 55.6 Å². The maximum atomic E-state index is 6.01. The highest BCUT2D eigenvalue weighted by Gasteiger charge is 2.02. The van der Waals surface area contributed by atoms with Gasteiger partial charge in [0.25, 0.3) is 0 Å². The van der Waals surface area contributed by atoms with Crippen LogP contribution >= 0.6 is 27.5 Å². The molecule has 0 saturated carbocycles. The lowest BCUT2D eigenvalue weighted by atomic mass is 10.2. The first-order valence-electron chi connectivity index (χ1n) is 6.23. The van der Waals surface area contributed by atoms with E-state index in [2.05, 4.69) is 36.8 Å². The summed E-state index contributed by atoms with van der Waals surface area (Å²) in [7, 11) is 0. The van der Waals surface area contributed by atoms with Crippen molar-refractivity contribution in [1.29, 1.82) is 0 Å². The zero-order chi connectivity index (χ0) is 14.7. The third-order valence-electron chi connectivity index (χ3n) is 2.97. The molecule has 3 aromatic rings. The van der Waals surface area contributed by atoms with Gasteiger partial charge in [-0.2, -0.15) is 0 Å². The Morgan fingerprint density at radius 3 is 2.67 bits per heavy atom. The molecule has 1 aromatic heterocycles. The molecule has 0 amide bonds. The first-order chi connectivity index (χ1) is 10.2.